The van der Waals surface area contributed by atoms with Crippen LogP contribution in [0.2, 0.25) is 0 Å². The molecule has 0 spiro atoms. The lowest BCUT2D eigenvalue weighted by atomic mass is 10.2. The number of hydrogen-bond acceptors (Lipinski definition) is 5. The molecule has 1 heterocycles. The highest BCUT2D eigenvalue weighted by molar-refractivity contribution is 7.16. The molecule has 0 atom stereocenters. The smallest absolute Gasteiger partial charge is 0.340 e. The van der Waals surface area contributed by atoms with Gasteiger partial charge < -0.3 is 14.7 Å². The van der Waals surface area contributed by atoms with Gasteiger partial charge in [-0.3, -0.25) is 4.79 Å². The molecule has 1 aromatic rings. The molecule has 1 N–H and O–H groups in total. The largest absolute Gasteiger partial charge is 0.481 e. The van der Waals surface area contributed by atoms with Gasteiger partial charge in [0.05, 0.1) is 19.1 Å². The molecule has 100 valence electrons. The van der Waals surface area contributed by atoms with E-state index >= 15 is 0 Å². The summed E-state index contributed by atoms with van der Waals surface area (Å²) in [7, 11) is 1.34. The van der Waals surface area contributed by atoms with Crippen LogP contribution in [0.15, 0.2) is 6.07 Å². The summed E-state index contributed by atoms with van der Waals surface area (Å²) < 4.78 is 4.74. The first kappa shape index (κ1) is 14.5. The van der Waals surface area contributed by atoms with Crippen LogP contribution < -0.4 is 4.90 Å². The minimum atomic E-state index is -0.846. The normalized spacial score (nSPS) is 10.2. The van der Waals surface area contributed by atoms with Crippen LogP contribution in [0.1, 0.15) is 28.6 Å². The Kier molecular flexibility index (Phi) is 5.15. The topological polar surface area (TPSA) is 66.8 Å². The molecule has 0 amide bonds. The van der Waals surface area contributed by atoms with Gasteiger partial charge >= 0.3 is 11.9 Å². The molecule has 18 heavy (non-hydrogen) atoms. The number of nitrogens with zero attached hydrogens (tertiary/aromatic N) is 1. The molecule has 1 aromatic heterocycles. The van der Waals surface area contributed by atoms with Crippen LogP contribution in [-0.4, -0.2) is 37.2 Å². The van der Waals surface area contributed by atoms with E-state index in [-0.39, 0.29) is 12.4 Å². The number of aliphatic carboxylic acids is 1. The van der Waals surface area contributed by atoms with Gasteiger partial charge in [0.25, 0.3) is 0 Å². The maximum Gasteiger partial charge on any atom is 0.340 e. The van der Waals surface area contributed by atoms with Crippen LogP contribution in [-0.2, 0) is 9.53 Å². The van der Waals surface area contributed by atoms with Gasteiger partial charge in [-0.25, -0.2) is 4.79 Å². The summed E-state index contributed by atoms with van der Waals surface area (Å²) in [4.78, 5) is 25.2. The van der Waals surface area contributed by atoms with Crippen LogP contribution in [0, 0.1) is 6.92 Å². The van der Waals surface area contributed by atoms with E-state index in [9.17, 15) is 9.59 Å². The summed E-state index contributed by atoms with van der Waals surface area (Å²) in [5.74, 6) is -1.23. The van der Waals surface area contributed by atoms with Gasteiger partial charge in [-0.2, -0.15) is 0 Å². The number of hydrogen-bond donors (Lipinski definition) is 1. The van der Waals surface area contributed by atoms with Crippen molar-refractivity contribution in [1.29, 1.82) is 0 Å². The number of carboxylic acid groups (broad SMARTS) is 1. The highest BCUT2D eigenvalue weighted by Crippen LogP contribution is 2.31. The fourth-order valence-corrected chi connectivity index (χ4v) is 2.71. The maximum atomic E-state index is 11.6. The van der Waals surface area contributed by atoms with Crippen LogP contribution >= 0.6 is 11.3 Å². The fourth-order valence-electron chi connectivity index (χ4n) is 1.63. The quantitative estimate of drug-likeness (QED) is 0.803. The van der Waals surface area contributed by atoms with E-state index in [4.69, 9.17) is 9.84 Å². The lowest BCUT2D eigenvalue weighted by Gasteiger charge is -2.21. The lowest BCUT2D eigenvalue weighted by molar-refractivity contribution is -0.136. The highest BCUT2D eigenvalue weighted by atomic mass is 32.1. The second kappa shape index (κ2) is 6.39. The zero-order valence-corrected chi connectivity index (χ0v) is 11.5. The molecule has 0 saturated carbocycles. The number of thiophene rings is 1. The van der Waals surface area contributed by atoms with Gasteiger partial charge in [0.2, 0.25) is 0 Å². The Bertz CT molecular complexity index is 441. The van der Waals surface area contributed by atoms with Crippen LogP contribution in [0.5, 0.6) is 0 Å². The number of methoxy groups -OCH3 is 1. The van der Waals surface area contributed by atoms with E-state index in [1.807, 2.05) is 18.7 Å². The number of ether oxygens (including phenoxy) is 1. The summed E-state index contributed by atoms with van der Waals surface area (Å²) in [5.41, 5.74) is 0.507. The van der Waals surface area contributed by atoms with Crippen LogP contribution in [0.3, 0.4) is 0 Å². The van der Waals surface area contributed by atoms with Gasteiger partial charge in [-0.1, -0.05) is 0 Å². The number of carbonyl (C=O) groups is 2. The van der Waals surface area contributed by atoms with Crippen molar-refractivity contribution in [2.45, 2.75) is 20.3 Å². The van der Waals surface area contributed by atoms with Gasteiger partial charge in [0, 0.05) is 18.0 Å². The van der Waals surface area contributed by atoms with E-state index in [0.717, 1.165) is 9.88 Å². The van der Waals surface area contributed by atoms with Gasteiger partial charge in [0.15, 0.2) is 0 Å². The molecule has 0 aliphatic rings. The Morgan fingerprint density at radius 3 is 2.67 bits per heavy atom. The van der Waals surface area contributed by atoms with Crippen molar-refractivity contribution in [2.75, 3.05) is 25.1 Å². The predicted octanol–water partition coefficient (Wildman–Crippen LogP) is 2.14. The Morgan fingerprint density at radius 2 is 2.17 bits per heavy atom. The third kappa shape index (κ3) is 3.46. The predicted molar refractivity (Wildman–Crippen MR) is 70.5 cm³/mol. The number of rotatable bonds is 6. The summed E-state index contributed by atoms with van der Waals surface area (Å²) >= 11 is 1.47. The van der Waals surface area contributed by atoms with Crippen LogP contribution in [0.4, 0.5) is 5.00 Å². The Morgan fingerprint density at radius 1 is 1.50 bits per heavy atom. The molecular formula is C12H17NO4S. The molecule has 5 nitrogen and oxygen atoms in total. The van der Waals surface area contributed by atoms with Crippen molar-refractivity contribution in [3.8, 4) is 0 Å². The molecule has 0 fully saturated rings. The number of esters is 1. The SMILES string of the molecule is CCN(CCC(=O)O)c1sc(C)cc1C(=O)OC. The average Bonchev–Trinajstić information content (AvgIpc) is 2.71. The van der Waals surface area contributed by atoms with Crippen molar-refractivity contribution in [3.63, 3.8) is 0 Å². The molecular weight excluding hydrogens is 254 g/mol. The second-order valence-corrected chi connectivity index (χ2v) is 5.03. The zero-order chi connectivity index (χ0) is 13.7. The summed E-state index contributed by atoms with van der Waals surface area (Å²) in [5, 5.41) is 9.50. The molecule has 0 bridgehead atoms. The third-order valence-corrected chi connectivity index (χ3v) is 3.62. The first-order valence-corrected chi connectivity index (χ1v) is 6.46. The molecule has 6 heteroatoms. The van der Waals surface area contributed by atoms with Gasteiger partial charge in [0.1, 0.15) is 5.00 Å². The lowest BCUT2D eigenvalue weighted by Crippen LogP contribution is -2.26. The Labute approximate surface area is 110 Å². The van der Waals surface area contributed by atoms with Crippen molar-refractivity contribution in [2.24, 2.45) is 0 Å². The zero-order valence-electron chi connectivity index (χ0n) is 10.7. The molecule has 0 unspecified atom stereocenters. The van der Waals surface area contributed by atoms with Crippen LogP contribution in [0.25, 0.3) is 0 Å². The number of carbonyl (C=O) groups excluding carboxylic acids is 1. The van der Waals surface area contributed by atoms with Gasteiger partial charge in [-0.05, 0) is 19.9 Å². The average molecular weight is 271 g/mol. The van der Waals surface area contributed by atoms with Crippen molar-refractivity contribution < 1.29 is 19.4 Å². The van der Waals surface area contributed by atoms with Crippen molar-refractivity contribution >= 4 is 28.3 Å². The van der Waals surface area contributed by atoms with E-state index in [1.165, 1.54) is 18.4 Å². The third-order valence-electron chi connectivity index (χ3n) is 2.51. The molecule has 1 rings (SSSR count). The fraction of sp³-hybridized carbons (Fsp3) is 0.500. The molecule has 0 saturated heterocycles. The standard InChI is InChI=1S/C12H17NO4S/c1-4-13(6-5-10(14)15)11-9(12(16)17-3)7-8(2)18-11/h7H,4-6H2,1-3H3,(H,14,15). The summed E-state index contributed by atoms with van der Waals surface area (Å²) in [6.45, 7) is 4.87. The first-order valence-electron chi connectivity index (χ1n) is 5.65. The highest BCUT2D eigenvalue weighted by Gasteiger charge is 2.20. The van der Waals surface area contributed by atoms with E-state index in [1.54, 1.807) is 6.07 Å². The molecule has 0 radical (unpaired) electrons. The Hall–Kier alpha value is -1.56. The van der Waals surface area contributed by atoms with E-state index in [2.05, 4.69) is 0 Å². The van der Waals surface area contributed by atoms with Gasteiger partial charge in [-0.15, -0.1) is 11.3 Å². The maximum absolute atomic E-state index is 11.6. The summed E-state index contributed by atoms with van der Waals surface area (Å²) in [6.07, 6.45) is 0.0470. The van der Waals surface area contributed by atoms with E-state index < -0.39 is 5.97 Å². The number of aryl methyl sites for hydroxylation is 1. The molecule has 0 aromatic carbocycles. The van der Waals surface area contributed by atoms with E-state index in [0.29, 0.717) is 18.7 Å². The molecule has 0 aliphatic heterocycles. The monoisotopic (exact) mass is 271 g/mol. The van der Waals surface area contributed by atoms with Crippen molar-refractivity contribution in [1.82, 2.24) is 0 Å². The molecule has 0 aliphatic carbocycles. The van der Waals surface area contributed by atoms with Crippen molar-refractivity contribution in [3.05, 3.63) is 16.5 Å². The minimum absolute atomic E-state index is 0.0470. The first-order chi connectivity index (χ1) is 8.49. The minimum Gasteiger partial charge on any atom is -0.481 e. The Balaban J connectivity index is 2.97. The number of carboxylic acids is 1. The number of anilines is 1. The summed E-state index contributed by atoms with van der Waals surface area (Å²) in [6, 6.07) is 1.77. The second-order valence-electron chi connectivity index (χ2n) is 3.79.